The van der Waals surface area contributed by atoms with Crippen LogP contribution in [0, 0.1) is 10.1 Å². The van der Waals surface area contributed by atoms with E-state index in [9.17, 15) is 14.9 Å². The standard InChI is InChI=1S/C12H16N4O4/c1-7-6-20-8(2)5-15(7)12(17)10-3-9(16(18)19)4-14-11(10)13/h3-4,7-8H,5-6H2,1-2H3,(H2,13,14). The second-order valence-corrected chi connectivity index (χ2v) is 4.83. The van der Waals surface area contributed by atoms with E-state index in [0.717, 1.165) is 12.3 Å². The van der Waals surface area contributed by atoms with Crippen LogP contribution in [0.5, 0.6) is 0 Å². The zero-order valence-electron chi connectivity index (χ0n) is 11.3. The number of carbonyl (C=O) groups is 1. The third-order valence-corrected chi connectivity index (χ3v) is 3.21. The topological polar surface area (TPSA) is 112 Å². The summed E-state index contributed by atoms with van der Waals surface area (Å²) in [4.78, 5) is 28.0. The first-order valence-electron chi connectivity index (χ1n) is 6.22. The Bertz CT molecular complexity index is 548. The summed E-state index contributed by atoms with van der Waals surface area (Å²) in [7, 11) is 0. The number of anilines is 1. The molecule has 0 saturated carbocycles. The molecule has 8 nitrogen and oxygen atoms in total. The van der Waals surface area contributed by atoms with Crippen molar-refractivity contribution in [1.29, 1.82) is 0 Å². The van der Waals surface area contributed by atoms with E-state index in [1.807, 2.05) is 13.8 Å². The van der Waals surface area contributed by atoms with Gasteiger partial charge in [-0.2, -0.15) is 0 Å². The highest BCUT2D eigenvalue weighted by molar-refractivity contribution is 5.99. The van der Waals surface area contributed by atoms with Crippen LogP contribution in [0.3, 0.4) is 0 Å². The molecule has 1 saturated heterocycles. The fourth-order valence-corrected chi connectivity index (χ4v) is 2.08. The number of carbonyl (C=O) groups excluding carboxylic acids is 1. The van der Waals surface area contributed by atoms with Gasteiger partial charge in [-0.3, -0.25) is 14.9 Å². The van der Waals surface area contributed by atoms with E-state index in [1.54, 1.807) is 4.90 Å². The van der Waals surface area contributed by atoms with Crippen LogP contribution in [0.2, 0.25) is 0 Å². The minimum absolute atomic E-state index is 0.00746. The summed E-state index contributed by atoms with van der Waals surface area (Å²) >= 11 is 0. The molecule has 1 aromatic rings. The molecular formula is C12H16N4O4. The van der Waals surface area contributed by atoms with Crippen molar-refractivity contribution in [2.24, 2.45) is 0 Å². The van der Waals surface area contributed by atoms with Crippen LogP contribution >= 0.6 is 0 Å². The molecule has 2 heterocycles. The van der Waals surface area contributed by atoms with E-state index < -0.39 is 4.92 Å². The predicted octanol–water partition coefficient (Wildman–Crippen LogP) is 0.821. The van der Waals surface area contributed by atoms with Gasteiger partial charge in [0.15, 0.2) is 0 Å². The SMILES string of the molecule is CC1CN(C(=O)c2cc([N+](=O)[O-])cnc2N)C(C)CO1. The highest BCUT2D eigenvalue weighted by atomic mass is 16.6. The molecule has 2 N–H and O–H groups in total. The van der Waals surface area contributed by atoms with Gasteiger partial charge in [0, 0.05) is 12.6 Å². The van der Waals surface area contributed by atoms with Crippen LogP contribution in [0.25, 0.3) is 0 Å². The number of hydrogen-bond acceptors (Lipinski definition) is 6. The van der Waals surface area contributed by atoms with Gasteiger partial charge in [-0.1, -0.05) is 0 Å². The molecule has 0 radical (unpaired) electrons. The molecule has 2 atom stereocenters. The summed E-state index contributed by atoms with van der Waals surface area (Å²) in [5.41, 5.74) is 5.47. The number of morpholine rings is 1. The van der Waals surface area contributed by atoms with E-state index >= 15 is 0 Å². The second-order valence-electron chi connectivity index (χ2n) is 4.83. The number of nitrogen functional groups attached to an aromatic ring is 1. The van der Waals surface area contributed by atoms with Gasteiger partial charge in [-0.15, -0.1) is 0 Å². The van der Waals surface area contributed by atoms with E-state index in [1.165, 1.54) is 0 Å². The molecule has 8 heteroatoms. The lowest BCUT2D eigenvalue weighted by molar-refractivity contribution is -0.385. The number of amides is 1. The zero-order chi connectivity index (χ0) is 14.9. The Morgan fingerprint density at radius 1 is 1.60 bits per heavy atom. The first-order valence-corrected chi connectivity index (χ1v) is 6.22. The fraction of sp³-hybridized carbons (Fsp3) is 0.500. The smallest absolute Gasteiger partial charge is 0.288 e. The number of ether oxygens (including phenoxy) is 1. The van der Waals surface area contributed by atoms with Crippen molar-refractivity contribution in [3.63, 3.8) is 0 Å². The van der Waals surface area contributed by atoms with Gasteiger partial charge in [-0.05, 0) is 13.8 Å². The Labute approximate surface area is 115 Å². The average molecular weight is 280 g/mol. The zero-order valence-corrected chi connectivity index (χ0v) is 11.3. The number of nitrogens with two attached hydrogens (primary N) is 1. The Hall–Kier alpha value is -2.22. The molecule has 0 aromatic carbocycles. The quantitative estimate of drug-likeness (QED) is 0.634. The minimum atomic E-state index is -0.603. The molecule has 0 aliphatic carbocycles. The lowest BCUT2D eigenvalue weighted by Gasteiger charge is -2.36. The molecule has 20 heavy (non-hydrogen) atoms. The van der Waals surface area contributed by atoms with Gasteiger partial charge in [0.2, 0.25) is 0 Å². The lowest BCUT2D eigenvalue weighted by atomic mass is 10.1. The molecule has 0 spiro atoms. The molecule has 1 aliphatic rings. The molecule has 108 valence electrons. The molecule has 2 unspecified atom stereocenters. The highest BCUT2D eigenvalue weighted by Crippen LogP contribution is 2.21. The molecule has 0 bridgehead atoms. The first kappa shape index (κ1) is 14.2. The highest BCUT2D eigenvalue weighted by Gasteiger charge is 2.30. The molecule has 1 amide bonds. The molecule has 1 aliphatic heterocycles. The van der Waals surface area contributed by atoms with Crippen molar-refractivity contribution in [2.45, 2.75) is 26.0 Å². The third kappa shape index (κ3) is 2.69. The van der Waals surface area contributed by atoms with Gasteiger partial charge in [0.05, 0.1) is 29.2 Å². The average Bonchev–Trinajstić information content (AvgIpc) is 2.41. The maximum absolute atomic E-state index is 12.5. The second kappa shape index (κ2) is 5.41. The van der Waals surface area contributed by atoms with Crippen LogP contribution in [0.1, 0.15) is 24.2 Å². The Balaban J connectivity index is 2.32. The van der Waals surface area contributed by atoms with Crippen molar-refractivity contribution < 1.29 is 14.5 Å². The van der Waals surface area contributed by atoms with E-state index in [-0.39, 0.29) is 35.1 Å². The van der Waals surface area contributed by atoms with E-state index in [0.29, 0.717) is 13.2 Å². The largest absolute Gasteiger partial charge is 0.383 e. The maximum atomic E-state index is 12.5. The summed E-state index contributed by atoms with van der Waals surface area (Å²) in [6.07, 6.45) is 0.959. The normalized spacial score (nSPS) is 22.6. The van der Waals surface area contributed by atoms with Gasteiger partial charge in [0.1, 0.15) is 12.0 Å². The van der Waals surface area contributed by atoms with Crippen LogP contribution in [-0.4, -0.2) is 46.0 Å². The van der Waals surface area contributed by atoms with E-state index in [4.69, 9.17) is 10.5 Å². The molecule has 2 rings (SSSR count). The van der Waals surface area contributed by atoms with Crippen molar-refractivity contribution >= 4 is 17.4 Å². The number of hydrogen-bond donors (Lipinski definition) is 1. The Morgan fingerprint density at radius 3 is 2.95 bits per heavy atom. The van der Waals surface area contributed by atoms with Gasteiger partial charge in [-0.25, -0.2) is 4.98 Å². The van der Waals surface area contributed by atoms with Crippen LogP contribution in [-0.2, 0) is 4.74 Å². The first-order chi connectivity index (χ1) is 9.40. The Kier molecular flexibility index (Phi) is 3.84. The van der Waals surface area contributed by atoms with Crippen molar-refractivity contribution in [3.05, 3.63) is 27.9 Å². The van der Waals surface area contributed by atoms with Gasteiger partial charge in [0.25, 0.3) is 11.6 Å². The number of rotatable bonds is 2. The van der Waals surface area contributed by atoms with Crippen LogP contribution in [0.15, 0.2) is 12.3 Å². The van der Waals surface area contributed by atoms with Gasteiger partial charge < -0.3 is 15.4 Å². The molecular weight excluding hydrogens is 264 g/mol. The van der Waals surface area contributed by atoms with Crippen molar-refractivity contribution in [2.75, 3.05) is 18.9 Å². The summed E-state index contributed by atoms with van der Waals surface area (Å²) in [6, 6.07) is 1.05. The Morgan fingerprint density at radius 2 is 2.30 bits per heavy atom. The summed E-state index contributed by atoms with van der Waals surface area (Å²) in [5, 5.41) is 10.8. The lowest BCUT2D eigenvalue weighted by Crippen LogP contribution is -2.50. The van der Waals surface area contributed by atoms with Gasteiger partial charge >= 0.3 is 0 Å². The van der Waals surface area contributed by atoms with Crippen molar-refractivity contribution in [3.8, 4) is 0 Å². The minimum Gasteiger partial charge on any atom is -0.383 e. The van der Waals surface area contributed by atoms with E-state index in [2.05, 4.69) is 4.98 Å². The number of nitrogens with zero attached hydrogens (tertiary/aromatic N) is 3. The summed E-state index contributed by atoms with van der Waals surface area (Å²) in [5.74, 6) is -0.367. The van der Waals surface area contributed by atoms with Crippen LogP contribution in [0.4, 0.5) is 11.5 Å². The maximum Gasteiger partial charge on any atom is 0.288 e. The van der Waals surface area contributed by atoms with Crippen LogP contribution < -0.4 is 5.73 Å². The number of nitro groups is 1. The summed E-state index contributed by atoms with van der Waals surface area (Å²) < 4.78 is 5.45. The monoisotopic (exact) mass is 280 g/mol. The van der Waals surface area contributed by atoms with Crippen molar-refractivity contribution in [1.82, 2.24) is 9.88 Å². The number of aromatic nitrogens is 1. The predicted molar refractivity (Wildman–Crippen MR) is 71.2 cm³/mol. The molecule has 1 aromatic heterocycles. The number of pyridine rings is 1. The summed E-state index contributed by atoms with van der Waals surface area (Å²) in [6.45, 7) is 4.56. The third-order valence-electron chi connectivity index (χ3n) is 3.21. The molecule has 1 fully saturated rings. The fourth-order valence-electron chi connectivity index (χ4n) is 2.08.